The molecular weight excluding hydrogens is 356 g/mol. The number of hydrogen-bond donors (Lipinski definition) is 2. The summed E-state index contributed by atoms with van der Waals surface area (Å²) in [4.78, 5) is 24.2. The van der Waals surface area contributed by atoms with Gasteiger partial charge in [0.25, 0.3) is 5.56 Å². The van der Waals surface area contributed by atoms with E-state index < -0.39 is 11.7 Å². The number of carboxylic acid groups (broad SMARTS) is 1. The van der Waals surface area contributed by atoms with Crippen LogP contribution in [0.25, 0.3) is 22.4 Å². The van der Waals surface area contributed by atoms with E-state index in [1.807, 2.05) is 6.07 Å². The van der Waals surface area contributed by atoms with Crippen molar-refractivity contribution < 1.29 is 14.6 Å². The number of benzene rings is 2. The van der Waals surface area contributed by atoms with Crippen LogP contribution in [0.2, 0.25) is 5.02 Å². The first kappa shape index (κ1) is 16.1. The quantitative estimate of drug-likeness (QED) is 0.523. The van der Waals surface area contributed by atoms with Gasteiger partial charge >= 0.3 is 6.16 Å². The first-order chi connectivity index (χ1) is 12.5. The highest BCUT2D eigenvalue weighted by Crippen LogP contribution is 2.40. The molecule has 0 unspecified atom stereocenters. The standard InChI is InChI=1S/C19H11ClN2O4/c20-11-6-7-12-14(8-11)16-15(26-19(24)25)9-13(10-4-2-1-3-5-10)18(23)22(16)17(12)21/h1-9,21H,(H,24,25). The SMILES string of the molecule is N=C1c2ccc(Cl)cc2-c2c(OC(=O)O)cc(-c3ccccc3)c(=O)n21. The Morgan fingerprint density at radius 3 is 2.46 bits per heavy atom. The van der Waals surface area contributed by atoms with Crippen molar-refractivity contribution in [2.75, 3.05) is 0 Å². The minimum Gasteiger partial charge on any atom is -0.449 e. The molecule has 0 bridgehead atoms. The van der Waals surface area contributed by atoms with Crippen molar-refractivity contribution in [2.24, 2.45) is 0 Å². The first-order valence-corrected chi connectivity index (χ1v) is 8.00. The van der Waals surface area contributed by atoms with Gasteiger partial charge in [-0.2, -0.15) is 0 Å². The number of rotatable bonds is 2. The molecule has 0 radical (unpaired) electrons. The number of aromatic nitrogens is 1. The summed E-state index contributed by atoms with van der Waals surface area (Å²) in [5, 5.41) is 17.9. The molecule has 0 saturated heterocycles. The van der Waals surface area contributed by atoms with Crippen LogP contribution in [0, 0.1) is 5.41 Å². The second-order valence-electron chi connectivity index (χ2n) is 5.68. The average Bonchev–Trinajstić information content (AvgIpc) is 2.90. The van der Waals surface area contributed by atoms with Gasteiger partial charge in [-0.25, -0.2) is 4.79 Å². The molecule has 0 spiro atoms. The summed E-state index contributed by atoms with van der Waals surface area (Å²) < 4.78 is 6.09. The van der Waals surface area contributed by atoms with E-state index in [1.54, 1.807) is 42.5 Å². The maximum atomic E-state index is 13.0. The molecule has 1 aliphatic heterocycles. The lowest BCUT2D eigenvalue weighted by atomic mass is 10.0. The van der Waals surface area contributed by atoms with E-state index >= 15 is 0 Å². The van der Waals surface area contributed by atoms with Crippen LogP contribution in [0.3, 0.4) is 0 Å². The molecule has 6 nitrogen and oxygen atoms in total. The highest BCUT2D eigenvalue weighted by Gasteiger charge is 2.31. The van der Waals surface area contributed by atoms with Crippen LogP contribution in [0.1, 0.15) is 5.56 Å². The van der Waals surface area contributed by atoms with Crippen molar-refractivity contribution in [3.05, 3.63) is 75.5 Å². The molecule has 26 heavy (non-hydrogen) atoms. The summed E-state index contributed by atoms with van der Waals surface area (Å²) in [5.41, 5.74) is 1.59. The lowest BCUT2D eigenvalue weighted by Gasteiger charge is -2.12. The fourth-order valence-corrected chi connectivity index (χ4v) is 3.27. The Morgan fingerprint density at radius 2 is 1.77 bits per heavy atom. The number of pyridine rings is 1. The molecule has 2 aromatic carbocycles. The predicted molar refractivity (Wildman–Crippen MR) is 97.5 cm³/mol. The fraction of sp³-hybridized carbons (Fsp3) is 0. The predicted octanol–water partition coefficient (Wildman–Crippen LogP) is 4.08. The molecule has 4 rings (SSSR count). The third-order valence-corrected chi connectivity index (χ3v) is 4.40. The number of carbonyl (C=O) groups is 1. The van der Waals surface area contributed by atoms with Gasteiger partial charge in [-0.05, 0) is 29.8 Å². The highest BCUT2D eigenvalue weighted by atomic mass is 35.5. The number of ether oxygens (including phenoxy) is 1. The van der Waals surface area contributed by atoms with E-state index in [9.17, 15) is 9.59 Å². The van der Waals surface area contributed by atoms with Gasteiger partial charge in [-0.1, -0.05) is 41.9 Å². The Labute approximate surface area is 152 Å². The Hall–Kier alpha value is -3.38. The second-order valence-corrected chi connectivity index (χ2v) is 6.12. The summed E-state index contributed by atoms with van der Waals surface area (Å²) in [7, 11) is 0. The maximum absolute atomic E-state index is 13.0. The smallest absolute Gasteiger partial charge is 0.449 e. The zero-order valence-corrected chi connectivity index (χ0v) is 13.9. The van der Waals surface area contributed by atoms with Crippen LogP contribution in [0.5, 0.6) is 5.75 Å². The van der Waals surface area contributed by atoms with E-state index in [0.29, 0.717) is 21.7 Å². The molecule has 0 fully saturated rings. The van der Waals surface area contributed by atoms with Gasteiger partial charge in [0.05, 0.1) is 5.56 Å². The lowest BCUT2D eigenvalue weighted by molar-refractivity contribution is 0.144. The number of nitrogens with one attached hydrogen (secondary N) is 1. The van der Waals surface area contributed by atoms with Crippen molar-refractivity contribution >= 4 is 23.6 Å². The van der Waals surface area contributed by atoms with Crippen molar-refractivity contribution in [2.45, 2.75) is 0 Å². The van der Waals surface area contributed by atoms with Gasteiger partial charge in [0.1, 0.15) is 11.5 Å². The first-order valence-electron chi connectivity index (χ1n) is 7.63. The lowest BCUT2D eigenvalue weighted by Crippen LogP contribution is -2.26. The van der Waals surface area contributed by atoms with Crippen LogP contribution in [0.15, 0.2) is 59.4 Å². The van der Waals surface area contributed by atoms with E-state index in [0.717, 1.165) is 4.57 Å². The van der Waals surface area contributed by atoms with Gasteiger partial charge < -0.3 is 9.84 Å². The summed E-state index contributed by atoms with van der Waals surface area (Å²) in [6.45, 7) is 0. The fourth-order valence-electron chi connectivity index (χ4n) is 3.10. The van der Waals surface area contributed by atoms with Gasteiger partial charge in [0.15, 0.2) is 5.75 Å². The number of hydrogen-bond acceptors (Lipinski definition) is 4. The van der Waals surface area contributed by atoms with Crippen LogP contribution >= 0.6 is 11.6 Å². The molecule has 0 amide bonds. The molecule has 2 heterocycles. The average molecular weight is 367 g/mol. The van der Waals surface area contributed by atoms with Crippen molar-refractivity contribution in [1.29, 1.82) is 5.41 Å². The molecule has 3 aromatic rings. The topological polar surface area (TPSA) is 92.4 Å². The largest absolute Gasteiger partial charge is 0.511 e. The number of nitrogens with zero attached hydrogens (tertiary/aromatic N) is 1. The normalized spacial score (nSPS) is 11.8. The molecule has 0 aliphatic carbocycles. The van der Waals surface area contributed by atoms with Gasteiger partial charge in [0, 0.05) is 16.1 Å². The van der Waals surface area contributed by atoms with Crippen LogP contribution in [-0.2, 0) is 0 Å². The van der Waals surface area contributed by atoms with Crippen LogP contribution in [0.4, 0.5) is 4.79 Å². The molecule has 128 valence electrons. The molecule has 2 N–H and O–H groups in total. The zero-order chi connectivity index (χ0) is 18.4. The minimum absolute atomic E-state index is 0.0262. The Kier molecular flexibility index (Phi) is 3.63. The Morgan fingerprint density at radius 1 is 1.04 bits per heavy atom. The number of fused-ring (bicyclic) bond motifs is 3. The summed E-state index contributed by atoms with van der Waals surface area (Å²) >= 11 is 6.05. The molecule has 0 saturated carbocycles. The molecule has 7 heteroatoms. The van der Waals surface area contributed by atoms with Crippen molar-refractivity contribution in [1.82, 2.24) is 4.57 Å². The van der Waals surface area contributed by atoms with E-state index in [1.165, 1.54) is 6.07 Å². The third-order valence-electron chi connectivity index (χ3n) is 4.16. The number of halogens is 1. The Bertz CT molecular complexity index is 1140. The van der Waals surface area contributed by atoms with E-state index in [4.69, 9.17) is 26.9 Å². The van der Waals surface area contributed by atoms with Gasteiger partial charge in [-0.15, -0.1) is 0 Å². The van der Waals surface area contributed by atoms with Gasteiger partial charge in [0.2, 0.25) is 0 Å². The molecule has 0 atom stereocenters. The Balaban J connectivity index is 2.08. The minimum atomic E-state index is -1.51. The highest BCUT2D eigenvalue weighted by molar-refractivity contribution is 6.31. The van der Waals surface area contributed by atoms with E-state index in [-0.39, 0.29) is 22.8 Å². The molecular formula is C19H11ClN2O4. The summed E-state index contributed by atoms with van der Waals surface area (Å²) in [6, 6.07) is 15.0. The van der Waals surface area contributed by atoms with Crippen LogP contribution < -0.4 is 10.3 Å². The zero-order valence-electron chi connectivity index (χ0n) is 13.2. The second kappa shape index (κ2) is 5.86. The maximum Gasteiger partial charge on any atom is 0.511 e. The van der Waals surface area contributed by atoms with Crippen LogP contribution in [-0.4, -0.2) is 21.7 Å². The molecule has 1 aromatic heterocycles. The van der Waals surface area contributed by atoms with Crippen molar-refractivity contribution in [3.63, 3.8) is 0 Å². The van der Waals surface area contributed by atoms with Gasteiger partial charge in [-0.3, -0.25) is 14.8 Å². The molecule has 1 aliphatic rings. The summed E-state index contributed by atoms with van der Waals surface area (Å²) in [6.07, 6.45) is -1.51. The van der Waals surface area contributed by atoms with Crippen molar-refractivity contribution in [3.8, 4) is 28.1 Å². The summed E-state index contributed by atoms with van der Waals surface area (Å²) in [5.74, 6) is -0.0774. The third kappa shape index (κ3) is 2.39. The monoisotopic (exact) mass is 366 g/mol. The van der Waals surface area contributed by atoms with E-state index in [2.05, 4.69) is 0 Å².